The topological polar surface area (TPSA) is 26.0 Å². The fourth-order valence-corrected chi connectivity index (χ4v) is 2.24. The Morgan fingerprint density at radius 1 is 1.33 bits per heavy atom. The molecule has 0 saturated carbocycles. The van der Waals surface area contributed by atoms with E-state index in [0.29, 0.717) is 17.4 Å². The first kappa shape index (κ1) is 14.7. The summed E-state index contributed by atoms with van der Waals surface area (Å²) < 4.78 is 0. The van der Waals surface area contributed by atoms with Gasteiger partial charge in [0.2, 0.25) is 0 Å². The maximum atomic E-state index is 6.11. The van der Waals surface area contributed by atoms with Crippen LogP contribution in [0.5, 0.6) is 0 Å². The Bertz CT molecular complexity index is 188. The quantitative estimate of drug-likeness (QED) is 0.657. The highest BCUT2D eigenvalue weighted by Gasteiger charge is 2.17. The van der Waals surface area contributed by atoms with Gasteiger partial charge in [0.15, 0.2) is 0 Å². The molecule has 0 amide bonds. The summed E-state index contributed by atoms with van der Waals surface area (Å²) in [5, 5.41) is 0. The molecule has 0 rings (SSSR count). The van der Waals surface area contributed by atoms with Gasteiger partial charge in [-0.2, -0.15) is 0 Å². The van der Waals surface area contributed by atoms with E-state index >= 15 is 0 Å². The van der Waals surface area contributed by atoms with Crippen molar-refractivity contribution < 1.29 is 0 Å². The predicted octanol–water partition coefficient (Wildman–Crippen LogP) is 4.13. The van der Waals surface area contributed by atoms with Crippen LogP contribution in [0.15, 0.2) is 12.2 Å². The van der Waals surface area contributed by atoms with Gasteiger partial charge in [-0.1, -0.05) is 46.8 Å². The van der Waals surface area contributed by atoms with Crippen LogP contribution >= 0.6 is 0 Å². The Labute approximate surface area is 96.1 Å². The van der Waals surface area contributed by atoms with E-state index in [-0.39, 0.29) is 0 Å². The van der Waals surface area contributed by atoms with Gasteiger partial charge in [0.05, 0.1) is 0 Å². The van der Waals surface area contributed by atoms with Crippen LogP contribution in [-0.2, 0) is 0 Å². The van der Waals surface area contributed by atoms with E-state index < -0.39 is 0 Å². The smallest absolute Gasteiger partial charge is 0.00785 e. The van der Waals surface area contributed by atoms with Crippen LogP contribution in [0.3, 0.4) is 0 Å². The lowest BCUT2D eigenvalue weighted by Gasteiger charge is -2.25. The Hall–Kier alpha value is -0.300. The van der Waals surface area contributed by atoms with Gasteiger partial charge in [0.1, 0.15) is 0 Å². The van der Waals surface area contributed by atoms with Gasteiger partial charge in [0.25, 0.3) is 0 Å². The third-order valence-corrected chi connectivity index (χ3v) is 2.72. The molecule has 0 saturated heterocycles. The zero-order chi connectivity index (χ0) is 12.1. The maximum Gasteiger partial charge on any atom is 0.00785 e. The Morgan fingerprint density at radius 2 is 1.87 bits per heavy atom. The second-order valence-electron chi connectivity index (χ2n) is 6.17. The molecule has 15 heavy (non-hydrogen) atoms. The van der Waals surface area contributed by atoms with Crippen LogP contribution in [-0.4, -0.2) is 6.04 Å². The molecule has 0 spiro atoms. The summed E-state index contributed by atoms with van der Waals surface area (Å²) in [6.45, 7) is 15.3. The van der Waals surface area contributed by atoms with Gasteiger partial charge in [-0.05, 0) is 37.0 Å². The summed E-state index contributed by atoms with van der Waals surface area (Å²) in [6, 6.07) is 0.301. The summed E-state index contributed by atoms with van der Waals surface area (Å²) in [5.74, 6) is 0.713. The monoisotopic (exact) mass is 211 g/mol. The molecule has 0 aromatic heterocycles. The highest BCUT2D eigenvalue weighted by molar-refractivity contribution is 4.96. The van der Waals surface area contributed by atoms with Crippen molar-refractivity contribution in [2.24, 2.45) is 17.1 Å². The molecular formula is C14H29N. The van der Waals surface area contributed by atoms with Crippen LogP contribution in [0.4, 0.5) is 0 Å². The zero-order valence-corrected chi connectivity index (χ0v) is 11.3. The van der Waals surface area contributed by atoms with Crippen molar-refractivity contribution in [3.05, 3.63) is 12.2 Å². The van der Waals surface area contributed by atoms with E-state index in [4.69, 9.17) is 5.73 Å². The first-order valence-electron chi connectivity index (χ1n) is 6.16. The number of nitrogens with two attached hydrogens (primary N) is 1. The van der Waals surface area contributed by atoms with Crippen molar-refractivity contribution >= 4 is 0 Å². The Morgan fingerprint density at radius 3 is 2.27 bits per heavy atom. The fraction of sp³-hybridized carbons (Fsp3) is 0.857. The summed E-state index contributed by atoms with van der Waals surface area (Å²) in [4.78, 5) is 0. The second kappa shape index (κ2) is 6.32. The van der Waals surface area contributed by atoms with Crippen molar-refractivity contribution in [3.8, 4) is 0 Å². The molecule has 0 fully saturated rings. The standard InChI is InChI=1S/C14H29N/c1-7-11(2)8-13(15)9-12(3)10-14(4,5)6/h12-13H,2,7-10,15H2,1,3-6H3. The van der Waals surface area contributed by atoms with E-state index in [2.05, 4.69) is 41.2 Å². The second-order valence-corrected chi connectivity index (χ2v) is 6.17. The van der Waals surface area contributed by atoms with E-state index in [0.717, 1.165) is 19.3 Å². The van der Waals surface area contributed by atoms with Crippen molar-refractivity contribution in [2.75, 3.05) is 0 Å². The first-order chi connectivity index (χ1) is 6.74. The molecule has 0 aromatic rings. The minimum atomic E-state index is 0.301. The minimum Gasteiger partial charge on any atom is -0.327 e. The van der Waals surface area contributed by atoms with Crippen molar-refractivity contribution in [1.29, 1.82) is 0 Å². The van der Waals surface area contributed by atoms with Gasteiger partial charge in [0, 0.05) is 6.04 Å². The van der Waals surface area contributed by atoms with Crippen molar-refractivity contribution in [3.63, 3.8) is 0 Å². The molecule has 90 valence electrons. The first-order valence-corrected chi connectivity index (χ1v) is 6.16. The largest absolute Gasteiger partial charge is 0.327 e. The molecule has 0 aromatic carbocycles. The van der Waals surface area contributed by atoms with Crippen LogP contribution in [0, 0.1) is 11.3 Å². The van der Waals surface area contributed by atoms with Crippen molar-refractivity contribution in [2.45, 2.75) is 66.3 Å². The molecule has 0 radical (unpaired) electrons. The van der Waals surface area contributed by atoms with E-state index in [1.165, 1.54) is 12.0 Å². The highest BCUT2D eigenvalue weighted by Crippen LogP contribution is 2.27. The molecule has 1 nitrogen and oxygen atoms in total. The third-order valence-electron chi connectivity index (χ3n) is 2.72. The molecule has 0 heterocycles. The van der Waals surface area contributed by atoms with Gasteiger partial charge in [-0.15, -0.1) is 0 Å². The van der Waals surface area contributed by atoms with Crippen molar-refractivity contribution in [1.82, 2.24) is 0 Å². The molecule has 2 atom stereocenters. The SMILES string of the molecule is C=C(CC)CC(N)CC(C)CC(C)(C)C. The van der Waals surface area contributed by atoms with Crippen LogP contribution in [0.1, 0.15) is 60.3 Å². The molecule has 0 aliphatic carbocycles. The van der Waals surface area contributed by atoms with Crippen LogP contribution in [0.2, 0.25) is 0 Å². The molecular weight excluding hydrogens is 182 g/mol. The number of hydrogen-bond donors (Lipinski definition) is 1. The van der Waals surface area contributed by atoms with E-state index in [9.17, 15) is 0 Å². The number of hydrogen-bond acceptors (Lipinski definition) is 1. The molecule has 1 heteroatoms. The third kappa shape index (κ3) is 8.68. The summed E-state index contributed by atoms with van der Waals surface area (Å²) in [6.07, 6.45) is 4.42. The minimum absolute atomic E-state index is 0.301. The van der Waals surface area contributed by atoms with Gasteiger partial charge in [-0.3, -0.25) is 0 Å². The lowest BCUT2D eigenvalue weighted by atomic mass is 9.82. The Balaban J connectivity index is 3.86. The molecule has 0 aliphatic heterocycles. The normalized spacial score (nSPS) is 16.1. The molecule has 2 N–H and O–H groups in total. The van der Waals surface area contributed by atoms with E-state index in [1.54, 1.807) is 0 Å². The predicted molar refractivity (Wildman–Crippen MR) is 69.9 cm³/mol. The summed E-state index contributed by atoms with van der Waals surface area (Å²) in [5.41, 5.74) is 7.81. The van der Waals surface area contributed by atoms with Gasteiger partial charge in [-0.25, -0.2) is 0 Å². The Kier molecular flexibility index (Phi) is 6.19. The van der Waals surface area contributed by atoms with Gasteiger partial charge >= 0.3 is 0 Å². The lowest BCUT2D eigenvalue weighted by molar-refractivity contribution is 0.285. The molecule has 0 bridgehead atoms. The molecule has 0 aliphatic rings. The zero-order valence-electron chi connectivity index (χ0n) is 11.3. The van der Waals surface area contributed by atoms with Gasteiger partial charge < -0.3 is 5.73 Å². The summed E-state index contributed by atoms with van der Waals surface area (Å²) in [7, 11) is 0. The van der Waals surface area contributed by atoms with Crippen LogP contribution < -0.4 is 5.73 Å². The summed E-state index contributed by atoms with van der Waals surface area (Å²) >= 11 is 0. The number of rotatable bonds is 6. The molecule has 2 unspecified atom stereocenters. The highest BCUT2D eigenvalue weighted by atomic mass is 14.6. The fourth-order valence-electron chi connectivity index (χ4n) is 2.24. The van der Waals surface area contributed by atoms with Crippen LogP contribution in [0.25, 0.3) is 0 Å². The maximum absolute atomic E-state index is 6.11. The average molecular weight is 211 g/mol. The van der Waals surface area contributed by atoms with E-state index in [1.807, 2.05) is 0 Å². The lowest BCUT2D eigenvalue weighted by Crippen LogP contribution is -2.25. The average Bonchev–Trinajstić information content (AvgIpc) is 1.99.